The van der Waals surface area contributed by atoms with Crippen LogP contribution in [0.5, 0.6) is 0 Å². The van der Waals surface area contributed by atoms with Gasteiger partial charge in [0.1, 0.15) is 6.04 Å². The smallest absolute Gasteiger partial charge is 0.326 e. The van der Waals surface area contributed by atoms with Gasteiger partial charge in [0.15, 0.2) is 0 Å². The molecule has 4 nitrogen and oxygen atoms in total. The fourth-order valence-electron chi connectivity index (χ4n) is 2.20. The molecule has 20 heavy (non-hydrogen) atoms. The predicted molar refractivity (Wildman–Crippen MR) is 76.9 cm³/mol. The van der Waals surface area contributed by atoms with E-state index < -0.39 is 12.0 Å². The maximum absolute atomic E-state index is 12.0. The minimum absolute atomic E-state index is 0.243. The van der Waals surface area contributed by atoms with Crippen LogP contribution in [0, 0.1) is 6.92 Å². The number of benzene rings is 1. The minimum atomic E-state index is -0.978. The van der Waals surface area contributed by atoms with Crippen LogP contribution >= 0.6 is 0 Å². The van der Waals surface area contributed by atoms with Crippen LogP contribution in [0.1, 0.15) is 23.6 Å². The van der Waals surface area contributed by atoms with Gasteiger partial charge in [-0.25, -0.2) is 4.79 Å². The number of aliphatic carboxylic acids is 1. The summed E-state index contributed by atoms with van der Waals surface area (Å²) < 4.78 is 1.31. The summed E-state index contributed by atoms with van der Waals surface area (Å²) >= 11 is 0. The van der Waals surface area contributed by atoms with Crippen LogP contribution < -0.4 is 5.56 Å². The molecule has 1 N–H and O–H groups in total. The molecule has 1 unspecified atom stereocenters. The van der Waals surface area contributed by atoms with Gasteiger partial charge in [-0.05, 0) is 31.4 Å². The molecule has 104 valence electrons. The van der Waals surface area contributed by atoms with Gasteiger partial charge in [-0.3, -0.25) is 4.79 Å². The van der Waals surface area contributed by atoms with Crippen molar-refractivity contribution in [3.63, 3.8) is 0 Å². The highest BCUT2D eigenvalue weighted by Gasteiger charge is 2.20. The van der Waals surface area contributed by atoms with Crippen LogP contribution in [-0.4, -0.2) is 15.6 Å². The Morgan fingerprint density at radius 2 is 1.90 bits per heavy atom. The first-order chi connectivity index (χ1) is 9.59. The molecule has 0 saturated heterocycles. The van der Waals surface area contributed by atoms with Gasteiger partial charge in [0.05, 0.1) is 0 Å². The van der Waals surface area contributed by atoms with Gasteiger partial charge in [0.25, 0.3) is 5.56 Å². The van der Waals surface area contributed by atoms with Crippen LogP contribution in [0.25, 0.3) is 0 Å². The summed E-state index contributed by atoms with van der Waals surface area (Å²) in [4.78, 5) is 23.5. The number of nitrogens with zero attached hydrogens (tertiary/aromatic N) is 1. The average Bonchev–Trinajstić information content (AvgIpc) is 2.44. The fourth-order valence-corrected chi connectivity index (χ4v) is 2.20. The van der Waals surface area contributed by atoms with E-state index in [0.717, 1.165) is 5.56 Å². The summed E-state index contributed by atoms with van der Waals surface area (Å²) in [6, 6.07) is 12.2. The van der Waals surface area contributed by atoms with Crippen molar-refractivity contribution in [2.45, 2.75) is 25.8 Å². The van der Waals surface area contributed by atoms with E-state index in [0.29, 0.717) is 18.4 Å². The third-order valence-corrected chi connectivity index (χ3v) is 3.33. The fraction of sp³-hybridized carbons (Fsp3) is 0.250. The molecule has 1 aromatic carbocycles. The molecule has 1 aromatic heterocycles. The first kappa shape index (κ1) is 14.1. The van der Waals surface area contributed by atoms with Crippen molar-refractivity contribution in [1.29, 1.82) is 0 Å². The van der Waals surface area contributed by atoms with Crippen LogP contribution in [0.4, 0.5) is 0 Å². The zero-order valence-corrected chi connectivity index (χ0v) is 11.3. The zero-order valence-electron chi connectivity index (χ0n) is 11.3. The molecule has 4 heteroatoms. The molecular formula is C16H17NO3. The number of rotatable bonds is 5. The Morgan fingerprint density at radius 3 is 2.55 bits per heavy atom. The predicted octanol–water partition coefficient (Wildman–Crippen LogP) is 2.42. The summed E-state index contributed by atoms with van der Waals surface area (Å²) in [6.45, 7) is 1.69. The van der Waals surface area contributed by atoms with Gasteiger partial charge < -0.3 is 9.67 Å². The first-order valence-corrected chi connectivity index (χ1v) is 6.54. The Bertz CT molecular complexity index is 646. The summed E-state index contributed by atoms with van der Waals surface area (Å²) in [6.07, 6.45) is 2.56. The Kier molecular flexibility index (Phi) is 4.35. The molecule has 0 spiro atoms. The van der Waals surface area contributed by atoms with Gasteiger partial charge in [0.2, 0.25) is 0 Å². The lowest BCUT2D eigenvalue weighted by molar-refractivity contribution is -0.141. The molecule has 0 saturated carbocycles. The van der Waals surface area contributed by atoms with Crippen molar-refractivity contribution in [3.05, 3.63) is 70.1 Å². The van der Waals surface area contributed by atoms with Crippen molar-refractivity contribution in [1.82, 2.24) is 4.57 Å². The summed E-state index contributed by atoms with van der Waals surface area (Å²) in [5.74, 6) is -0.978. The summed E-state index contributed by atoms with van der Waals surface area (Å²) in [7, 11) is 0. The second-order valence-electron chi connectivity index (χ2n) is 4.78. The van der Waals surface area contributed by atoms with E-state index >= 15 is 0 Å². The van der Waals surface area contributed by atoms with Crippen LogP contribution in [0.3, 0.4) is 0 Å². The molecule has 1 heterocycles. The summed E-state index contributed by atoms with van der Waals surface area (Å²) in [5.41, 5.74) is 1.38. The average molecular weight is 271 g/mol. The number of carboxylic acid groups (broad SMARTS) is 1. The van der Waals surface area contributed by atoms with Crippen LogP contribution in [0.15, 0.2) is 53.5 Å². The van der Waals surface area contributed by atoms with Crippen molar-refractivity contribution < 1.29 is 9.90 Å². The maximum Gasteiger partial charge on any atom is 0.326 e. The third kappa shape index (κ3) is 3.15. The quantitative estimate of drug-likeness (QED) is 0.908. The molecule has 1 atom stereocenters. The number of carbonyl (C=O) groups is 1. The maximum atomic E-state index is 12.0. The Balaban J connectivity index is 2.22. The molecule has 2 aromatic rings. The highest BCUT2D eigenvalue weighted by molar-refractivity contribution is 5.71. The topological polar surface area (TPSA) is 59.3 Å². The van der Waals surface area contributed by atoms with Crippen LogP contribution in [0.2, 0.25) is 0 Å². The lowest BCUT2D eigenvalue weighted by atomic mass is 10.0. The molecule has 0 fully saturated rings. The molecule has 0 aliphatic rings. The highest BCUT2D eigenvalue weighted by Crippen LogP contribution is 2.14. The molecule has 0 amide bonds. The second kappa shape index (κ2) is 6.19. The second-order valence-corrected chi connectivity index (χ2v) is 4.78. The van der Waals surface area contributed by atoms with Gasteiger partial charge >= 0.3 is 5.97 Å². The molecule has 0 bridgehead atoms. The largest absolute Gasteiger partial charge is 0.480 e. The van der Waals surface area contributed by atoms with E-state index in [2.05, 4.69) is 0 Å². The number of pyridine rings is 1. The Morgan fingerprint density at radius 1 is 1.20 bits per heavy atom. The number of carboxylic acids is 1. The van der Waals surface area contributed by atoms with Gasteiger partial charge in [-0.2, -0.15) is 0 Å². The molecule has 0 radical (unpaired) electrons. The van der Waals surface area contributed by atoms with Gasteiger partial charge in [0, 0.05) is 11.8 Å². The number of hydrogen-bond acceptors (Lipinski definition) is 2. The van der Waals surface area contributed by atoms with E-state index in [1.54, 1.807) is 25.3 Å². The van der Waals surface area contributed by atoms with Crippen molar-refractivity contribution >= 4 is 5.97 Å². The van der Waals surface area contributed by atoms with Crippen molar-refractivity contribution in [2.24, 2.45) is 0 Å². The first-order valence-electron chi connectivity index (χ1n) is 6.54. The number of hydrogen-bond donors (Lipinski definition) is 1. The van der Waals surface area contributed by atoms with Gasteiger partial charge in [-0.1, -0.05) is 36.4 Å². The number of aromatic nitrogens is 1. The molecular weight excluding hydrogens is 254 g/mol. The Labute approximate surface area is 117 Å². The van der Waals surface area contributed by atoms with Gasteiger partial charge in [-0.15, -0.1) is 0 Å². The molecule has 0 aliphatic carbocycles. The number of aryl methyl sites for hydroxylation is 2. The summed E-state index contributed by atoms with van der Waals surface area (Å²) in [5, 5.41) is 9.36. The van der Waals surface area contributed by atoms with Crippen molar-refractivity contribution in [2.75, 3.05) is 0 Å². The SMILES string of the molecule is Cc1cccn(C(CCc2ccccc2)C(=O)O)c1=O. The van der Waals surface area contributed by atoms with E-state index in [1.165, 1.54) is 4.57 Å². The zero-order chi connectivity index (χ0) is 14.5. The van der Waals surface area contributed by atoms with E-state index in [9.17, 15) is 14.7 Å². The minimum Gasteiger partial charge on any atom is -0.480 e. The third-order valence-electron chi connectivity index (χ3n) is 3.33. The van der Waals surface area contributed by atoms with Crippen LogP contribution in [-0.2, 0) is 11.2 Å². The molecule has 0 aliphatic heterocycles. The van der Waals surface area contributed by atoms with Crippen molar-refractivity contribution in [3.8, 4) is 0 Å². The van der Waals surface area contributed by atoms with E-state index in [1.807, 2.05) is 30.3 Å². The Hall–Kier alpha value is -2.36. The normalized spacial score (nSPS) is 12.1. The van der Waals surface area contributed by atoms with E-state index in [4.69, 9.17) is 0 Å². The highest BCUT2D eigenvalue weighted by atomic mass is 16.4. The lowest BCUT2D eigenvalue weighted by Gasteiger charge is -2.16. The standard InChI is InChI=1S/C16H17NO3/c1-12-6-5-11-17(15(12)18)14(16(19)20)10-9-13-7-3-2-4-8-13/h2-8,11,14H,9-10H2,1H3,(H,19,20). The monoisotopic (exact) mass is 271 g/mol. The lowest BCUT2D eigenvalue weighted by Crippen LogP contribution is -2.30. The van der Waals surface area contributed by atoms with E-state index in [-0.39, 0.29) is 5.56 Å². The molecule has 2 rings (SSSR count).